The minimum absolute atomic E-state index is 0.102. The molecule has 2 nitrogen and oxygen atoms in total. The standard InChI is InChI=1S/C19H21NO/c1-19(2,3)18(21)14-17(15-10-6-4-7-11-15)20-16-12-8-5-9-13-16/h4-14,20H,1-3H3/b17-14+. The monoisotopic (exact) mass is 279 g/mol. The van der Waals surface area contributed by atoms with E-state index in [1.807, 2.05) is 81.4 Å². The Hall–Kier alpha value is -2.35. The molecule has 2 rings (SSSR count). The van der Waals surface area contributed by atoms with E-state index < -0.39 is 5.41 Å². The zero-order chi connectivity index (χ0) is 15.3. The average Bonchev–Trinajstić information content (AvgIpc) is 2.47. The third kappa shape index (κ3) is 4.32. The van der Waals surface area contributed by atoms with E-state index in [1.54, 1.807) is 6.08 Å². The smallest absolute Gasteiger partial charge is 0.163 e. The summed E-state index contributed by atoms with van der Waals surface area (Å²) in [5, 5.41) is 3.34. The number of allylic oxidation sites excluding steroid dienone is 1. The van der Waals surface area contributed by atoms with Gasteiger partial charge >= 0.3 is 0 Å². The molecule has 0 saturated heterocycles. The fraction of sp³-hybridized carbons (Fsp3) is 0.211. The summed E-state index contributed by atoms with van der Waals surface area (Å²) in [6.07, 6.45) is 1.70. The molecule has 0 aliphatic rings. The molecule has 0 aromatic heterocycles. The van der Waals surface area contributed by atoms with E-state index in [0.717, 1.165) is 16.9 Å². The van der Waals surface area contributed by atoms with Crippen LogP contribution in [0.15, 0.2) is 66.7 Å². The normalized spacial score (nSPS) is 12.0. The summed E-state index contributed by atoms with van der Waals surface area (Å²) in [5.41, 5.74) is 2.40. The molecule has 0 aliphatic heterocycles. The van der Waals surface area contributed by atoms with Crippen molar-refractivity contribution in [3.63, 3.8) is 0 Å². The Morgan fingerprint density at radius 3 is 1.95 bits per heavy atom. The van der Waals surface area contributed by atoms with Crippen molar-refractivity contribution in [1.82, 2.24) is 0 Å². The van der Waals surface area contributed by atoms with Crippen molar-refractivity contribution in [2.45, 2.75) is 20.8 Å². The van der Waals surface area contributed by atoms with Crippen LogP contribution in [0.1, 0.15) is 26.3 Å². The zero-order valence-corrected chi connectivity index (χ0v) is 12.8. The Balaban J connectivity index is 2.36. The molecule has 0 bridgehead atoms. The summed E-state index contributed by atoms with van der Waals surface area (Å²) in [6, 6.07) is 19.8. The third-order valence-corrected chi connectivity index (χ3v) is 3.15. The number of rotatable bonds is 4. The highest BCUT2D eigenvalue weighted by atomic mass is 16.1. The van der Waals surface area contributed by atoms with Crippen molar-refractivity contribution in [2.24, 2.45) is 5.41 Å². The Labute approximate surface area is 126 Å². The lowest BCUT2D eigenvalue weighted by Gasteiger charge is -2.17. The maximum absolute atomic E-state index is 12.3. The van der Waals surface area contributed by atoms with E-state index in [0.29, 0.717) is 0 Å². The summed E-state index contributed by atoms with van der Waals surface area (Å²) in [5.74, 6) is 0.102. The van der Waals surface area contributed by atoms with Crippen molar-refractivity contribution in [2.75, 3.05) is 5.32 Å². The zero-order valence-electron chi connectivity index (χ0n) is 12.8. The summed E-state index contributed by atoms with van der Waals surface area (Å²) < 4.78 is 0. The molecule has 2 aromatic carbocycles. The molecule has 2 aromatic rings. The Kier molecular flexibility index (Phi) is 4.59. The van der Waals surface area contributed by atoms with Crippen LogP contribution in [0, 0.1) is 5.41 Å². The van der Waals surface area contributed by atoms with Gasteiger partial charge < -0.3 is 5.32 Å². The van der Waals surface area contributed by atoms with Crippen LogP contribution in [0.2, 0.25) is 0 Å². The fourth-order valence-electron chi connectivity index (χ4n) is 1.83. The van der Waals surface area contributed by atoms with Crippen molar-refractivity contribution >= 4 is 17.2 Å². The average molecular weight is 279 g/mol. The number of para-hydroxylation sites is 1. The molecule has 0 fully saturated rings. The van der Waals surface area contributed by atoms with E-state index in [2.05, 4.69) is 5.32 Å². The molecule has 0 unspecified atom stereocenters. The predicted octanol–water partition coefficient (Wildman–Crippen LogP) is 4.75. The van der Waals surface area contributed by atoms with Crippen LogP contribution in [0.4, 0.5) is 5.69 Å². The Bertz CT molecular complexity index is 622. The maximum atomic E-state index is 12.3. The molecule has 0 heterocycles. The second-order valence-electron chi connectivity index (χ2n) is 6.03. The van der Waals surface area contributed by atoms with Gasteiger partial charge in [0, 0.05) is 22.9 Å². The molecule has 0 aliphatic carbocycles. The number of carbonyl (C=O) groups is 1. The van der Waals surface area contributed by atoms with Gasteiger partial charge in [0.2, 0.25) is 0 Å². The van der Waals surface area contributed by atoms with Gasteiger partial charge in [-0.1, -0.05) is 69.3 Å². The number of hydrogen-bond acceptors (Lipinski definition) is 2. The molecule has 0 saturated carbocycles. The minimum atomic E-state index is -0.390. The first-order valence-corrected chi connectivity index (χ1v) is 7.10. The van der Waals surface area contributed by atoms with Crippen LogP contribution in [-0.2, 0) is 4.79 Å². The van der Waals surface area contributed by atoms with E-state index >= 15 is 0 Å². The largest absolute Gasteiger partial charge is 0.355 e. The van der Waals surface area contributed by atoms with Gasteiger partial charge in [0.1, 0.15) is 0 Å². The van der Waals surface area contributed by atoms with Crippen LogP contribution >= 0.6 is 0 Å². The van der Waals surface area contributed by atoms with E-state index in [4.69, 9.17) is 0 Å². The number of ketones is 1. The first-order chi connectivity index (χ1) is 9.97. The van der Waals surface area contributed by atoms with Gasteiger partial charge in [-0.15, -0.1) is 0 Å². The molecule has 2 heteroatoms. The van der Waals surface area contributed by atoms with Crippen LogP contribution in [0.25, 0.3) is 5.70 Å². The molecule has 0 atom stereocenters. The summed E-state index contributed by atoms with van der Waals surface area (Å²) >= 11 is 0. The van der Waals surface area contributed by atoms with Gasteiger partial charge in [-0.2, -0.15) is 0 Å². The quantitative estimate of drug-likeness (QED) is 0.818. The molecule has 108 valence electrons. The lowest BCUT2D eigenvalue weighted by molar-refractivity contribution is -0.121. The van der Waals surface area contributed by atoms with Crippen molar-refractivity contribution in [3.05, 3.63) is 72.3 Å². The van der Waals surface area contributed by atoms with E-state index in [-0.39, 0.29) is 5.78 Å². The van der Waals surface area contributed by atoms with Gasteiger partial charge in [0.05, 0.1) is 0 Å². The van der Waals surface area contributed by atoms with Gasteiger partial charge in [-0.3, -0.25) is 4.79 Å². The van der Waals surface area contributed by atoms with Gasteiger partial charge in [-0.25, -0.2) is 0 Å². The second-order valence-corrected chi connectivity index (χ2v) is 6.03. The maximum Gasteiger partial charge on any atom is 0.163 e. The third-order valence-electron chi connectivity index (χ3n) is 3.15. The molecular formula is C19H21NO. The van der Waals surface area contributed by atoms with Crippen LogP contribution in [-0.4, -0.2) is 5.78 Å². The van der Waals surface area contributed by atoms with Crippen molar-refractivity contribution < 1.29 is 4.79 Å². The van der Waals surface area contributed by atoms with E-state index in [9.17, 15) is 4.79 Å². The van der Waals surface area contributed by atoms with Crippen molar-refractivity contribution in [3.8, 4) is 0 Å². The highest BCUT2D eigenvalue weighted by Crippen LogP contribution is 2.22. The molecule has 0 radical (unpaired) electrons. The highest BCUT2D eigenvalue weighted by Gasteiger charge is 2.20. The number of nitrogens with one attached hydrogen (secondary N) is 1. The van der Waals surface area contributed by atoms with Crippen LogP contribution in [0.5, 0.6) is 0 Å². The minimum Gasteiger partial charge on any atom is -0.355 e. The van der Waals surface area contributed by atoms with Gasteiger partial charge in [0.15, 0.2) is 5.78 Å². The molecular weight excluding hydrogens is 258 g/mol. The van der Waals surface area contributed by atoms with E-state index in [1.165, 1.54) is 0 Å². The van der Waals surface area contributed by atoms with Crippen LogP contribution in [0.3, 0.4) is 0 Å². The molecule has 1 N–H and O–H groups in total. The number of carbonyl (C=O) groups excluding carboxylic acids is 1. The topological polar surface area (TPSA) is 29.1 Å². The Morgan fingerprint density at radius 2 is 1.43 bits per heavy atom. The SMILES string of the molecule is CC(C)(C)C(=O)/C=C(/Nc1ccccc1)c1ccccc1. The Morgan fingerprint density at radius 1 is 0.905 bits per heavy atom. The number of hydrogen-bond donors (Lipinski definition) is 1. The summed E-state index contributed by atoms with van der Waals surface area (Å²) in [4.78, 5) is 12.3. The van der Waals surface area contributed by atoms with Crippen molar-refractivity contribution in [1.29, 1.82) is 0 Å². The summed E-state index contributed by atoms with van der Waals surface area (Å²) in [7, 11) is 0. The fourth-order valence-corrected chi connectivity index (χ4v) is 1.83. The first-order valence-electron chi connectivity index (χ1n) is 7.10. The molecule has 0 amide bonds. The second kappa shape index (κ2) is 6.40. The summed E-state index contributed by atoms with van der Waals surface area (Å²) in [6.45, 7) is 5.78. The molecule has 0 spiro atoms. The van der Waals surface area contributed by atoms with Gasteiger partial charge in [0.25, 0.3) is 0 Å². The first kappa shape index (κ1) is 15.0. The van der Waals surface area contributed by atoms with Gasteiger partial charge in [-0.05, 0) is 17.7 Å². The van der Waals surface area contributed by atoms with Crippen LogP contribution < -0.4 is 5.32 Å². The number of anilines is 1. The lowest BCUT2D eigenvalue weighted by Crippen LogP contribution is -2.18. The number of benzene rings is 2. The molecule has 21 heavy (non-hydrogen) atoms. The highest BCUT2D eigenvalue weighted by molar-refractivity contribution is 6.01. The lowest BCUT2D eigenvalue weighted by atomic mass is 9.90. The predicted molar refractivity (Wildman–Crippen MR) is 88.9 cm³/mol.